The third-order valence-electron chi connectivity index (χ3n) is 7.03. The van der Waals surface area contributed by atoms with Crippen LogP contribution in [0.5, 0.6) is 0 Å². The molecule has 0 radical (unpaired) electrons. The fraction of sp³-hybridized carbons (Fsp3) is 0.462. The molecular formula is C26H32N4O4. The number of rotatable bonds is 7. The molecule has 0 saturated carbocycles. The number of nitro benzene ring substituents is 1. The molecule has 0 aromatic heterocycles. The van der Waals surface area contributed by atoms with Gasteiger partial charge in [0.25, 0.3) is 11.6 Å². The van der Waals surface area contributed by atoms with Crippen LogP contribution in [0.15, 0.2) is 54.6 Å². The average molecular weight is 465 g/mol. The Morgan fingerprint density at radius 3 is 2.32 bits per heavy atom. The Morgan fingerprint density at radius 1 is 0.941 bits per heavy atom. The van der Waals surface area contributed by atoms with Crippen LogP contribution >= 0.6 is 0 Å². The number of amides is 2. The van der Waals surface area contributed by atoms with E-state index in [0.29, 0.717) is 31.2 Å². The van der Waals surface area contributed by atoms with Gasteiger partial charge in [0.05, 0.1) is 4.92 Å². The Labute approximate surface area is 200 Å². The molecule has 34 heavy (non-hydrogen) atoms. The van der Waals surface area contributed by atoms with E-state index in [2.05, 4.69) is 22.3 Å². The highest BCUT2D eigenvalue weighted by molar-refractivity contribution is 5.94. The van der Waals surface area contributed by atoms with E-state index >= 15 is 0 Å². The summed E-state index contributed by atoms with van der Waals surface area (Å²) in [7, 11) is 0. The maximum Gasteiger partial charge on any atom is 0.270 e. The van der Waals surface area contributed by atoms with E-state index in [1.165, 1.54) is 17.7 Å². The van der Waals surface area contributed by atoms with E-state index < -0.39 is 4.92 Å². The molecule has 0 aliphatic carbocycles. The molecule has 1 N–H and O–H groups in total. The van der Waals surface area contributed by atoms with E-state index in [1.807, 2.05) is 18.2 Å². The summed E-state index contributed by atoms with van der Waals surface area (Å²) in [5, 5.41) is 14.1. The predicted molar refractivity (Wildman–Crippen MR) is 129 cm³/mol. The van der Waals surface area contributed by atoms with Crippen LogP contribution in [0.25, 0.3) is 0 Å². The number of carbonyl (C=O) groups is 2. The van der Waals surface area contributed by atoms with Crippen LogP contribution in [0.2, 0.25) is 0 Å². The summed E-state index contributed by atoms with van der Waals surface area (Å²) in [5.74, 6) is 0.0866. The first kappa shape index (κ1) is 23.9. The molecule has 2 heterocycles. The summed E-state index contributed by atoms with van der Waals surface area (Å²) in [6.07, 6.45) is 4.34. The summed E-state index contributed by atoms with van der Waals surface area (Å²) < 4.78 is 0. The van der Waals surface area contributed by atoms with Gasteiger partial charge in [0.1, 0.15) is 0 Å². The average Bonchev–Trinajstić information content (AvgIpc) is 2.89. The predicted octanol–water partition coefficient (Wildman–Crippen LogP) is 3.27. The fourth-order valence-corrected chi connectivity index (χ4v) is 5.02. The van der Waals surface area contributed by atoms with Gasteiger partial charge in [-0.25, -0.2) is 0 Å². The molecule has 0 atom stereocenters. The van der Waals surface area contributed by atoms with Gasteiger partial charge in [-0.2, -0.15) is 0 Å². The molecule has 180 valence electrons. The summed E-state index contributed by atoms with van der Waals surface area (Å²) in [6, 6.07) is 16.5. The van der Waals surface area contributed by atoms with Crippen molar-refractivity contribution in [3.8, 4) is 0 Å². The second-order valence-corrected chi connectivity index (χ2v) is 9.17. The minimum atomic E-state index is -0.476. The number of nitrogens with zero attached hydrogens (tertiary/aromatic N) is 3. The number of nitrogens with one attached hydrogen (secondary N) is 1. The van der Waals surface area contributed by atoms with Crippen molar-refractivity contribution in [1.29, 1.82) is 0 Å². The maximum absolute atomic E-state index is 12.8. The Kier molecular flexibility index (Phi) is 7.90. The highest BCUT2D eigenvalue weighted by Gasteiger charge is 2.32. The van der Waals surface area contributed by atoms with Gasteiger partial charge in [0.2, 0.25) is 5.91 Å². The Hall–Kier alpha value is -3.26. The molecule has 2 aromatic carbocycles. The summed E-state index contributed by atoms with van der Waals surface area (Å²) >= 11 is 0. The molecule has 2 aromatic rings. The van der Waals surface area contributed by atoms with Crippen molar-refractivity contribution in [2.24, 2.45) is 5.92 Å². The van der Waals surface area contributed by atoms with Gasteiger partial charge in [-0.3, -0.25) is 19.7 Å². The molecule has 8 heteroatoms. The van der Waals surface area contributed by atoms with Gasteiger partial charge < -0.3 is 15.1 Å². The third-order valence-corrected chi connectivity index (χ3v) is 7.03. The number of non-ortho nitro benzene ring substituents is 1. The van der Waals surface area contributed by atoms with Gasteiger partial charge in [0, 0.05) is 49.3 Å². The van der Waals surface area contributed by atoms with E-state index in [-0.39, 0.29) is 23.4 Å². The number of benzene rings is 2. The van der Waals surface area contributed by atoms with Crippen molar-refractivity contribution in [2.75, 3.05) is 32.7 Å². The lowest BCUT2D eigenvalue weighted by Gasteiger charge is -2.41. The van der Waals surface area contributed by atoms with E-state index in [1.54, 1.807) is 17.0 Å². The van der Waals surface area contributed by atoms with Crippen LogP contribution in [-0.2, 0) is 11.2 Å². The SMILES string of the molecule is O=C(NCCc1ccccc1)C1CCN(C2CCN(C(=O)c3cccc([N+](=O)[O-])c3)CC2)CC1. The van der Waals surface area contributed by atoms with E-state index in [9.17, 15) is 19.7 Å². The lowest BCUT2D eigenvalue weighted by Crippen LogP contribution is -2.50. The van der Waals surface area contributed by atoms with Crippen molar-refractivity contribution in [1.82, 2.24) is 15.1 Å². The van der Waals surface area contributed by atoms with Gasteiger partial charge in [-0.15, -0.1) is 0 Å². The summed E-state index contributed by atoms with van der Waals surface area (Å²) in [5.41, 5.74) is 1.53. The van der Waals surface area contributed by atoms with Gasteiger partial charge in [0.15, 0.2) is 0 Å². The molecule has 2 aliphatic heterocycles. The van der Waals surface area contributed by atoms with E-state index in [4.69, 9.17) is 0 Å². The number of carbonyl (C=O) groups excluding carboxylic acids is 2. The summed E-state index contributed by atoms with van der Waals surface area (Å²) in [4.78, 5) is 40.1. The van der Waals surface area contributed by atoms with Crippen LogP contribution in [-0.4, -0.2) is 65.3 Å². The number of nitro groups is 1. The minimum Gasteiger partial charge on any atom is -0.356 e. The molecule has 2 fully saturated rings. The lowest BCUT2D eigenvalue weighted by atomic mass is 9.92. The van der Waals surface area contributed by atoms with Crippen LogP contribution < -0.4 is 5.32 Å². The zero-order chi connectivity index (χ0) is 23.9. The number of likely N-dealkylation sites (tertiary alicyclic amines) is 2. The molecule has 4 rings (SSSR count). The molecular weight excluding hydrogens is 432 g/mol. The van der Waals surface area contributed by atoms with Crippen LogP contribution in [0, 0.1) is 16.0 Å². The molecule has 2 aliphatic rings. The topological polar surface area (TPSA) is 95.8 Å². The third kappa shape index (κ3) is 5.99. The Balaban J connectivity index is 1.19. The zero-order valence-electron chi connectivity index (χ0n) is 19.4. The first-order chi connectivity index (χ1) is 16.5. The first-order valence-electron chi connectivity index (χ1n) is 12.1. The number of hydrogen-bond donors (Lipinski definition) is 1. The monoisotopic (exact) mass is 464 g/mol. The van der Waals surface area contributed by atoms with Gasteiger partial charge in [-0.1, -0.05) is 36.4 Å². The molecule has 2 amide bonds. The molecule has 0 spiro atoms. The quantitative estimate of drug-likeness (QED) is 0.501. The van der Waals surface area contributed by atoms with Gasteiger partial charge >= 0.3 is 0 Å². The van der Waals surface area contributed by atoms with Crippen molar-refractivity contribution in [2.45, 2.75) is 38.1 Å². The van der Waals surface area contributed by atoms with Crippen molar-refractivity contribution in [3.63, 3.8) is 0 Å². The molecule has 2 saturated heterocycles. The van der Waals surface area contributed by atoms with Crippen molar-refractivity contribution < 1.29 is 14.5 Å². The summed E-state index contributed by atoms with van der Waals surface area (Å²) in [6.45, 7) is 3.76. The largest absolute Gasteiger partial charge is 0.356 e. The van der Waals surface area contributed by atoms with Crippen molar-refractivity contribution >= 4 is 17.5 Å². The second kappa shape index (κ2) is 11.2. The Bertz CT molecular complexity index is 997. The smallest absolute Gasteiger partial charge is 0.270 e. The molecule has 0 bridgehead atoms. The standard InChI is InChI=1S/C26H32N4O4/c31-25(27-14-9-20-5-2-1-3-6-20)21-10-15-28(16-11-21)23-12-17-29(18-13-23)26(32)22-7-4-8-24(19-22)30(33)34/h1-8,19,21,23H,9-18H2,(H,27,31). The van der Waals surface area contributed by atoms with Crippen LogP contribution in [0.3, 0.4) is 0 Å². The maximum atomic E-state index is 12.8. The first-order valence-corrected chi connectivity index (χ1v) is 12.1. The normalized spacial score (nSPS) is 17.9. The van der Waals surface area contributed by atoms with Crippen LogP contribution in [0.1, 0.15) is 41.6 Å². The fourth-order valence-electron chi connectivity index (χ4n) is 5.02. The molecule has 0 unspecified atom stereocenters. The van der Waals surface area contributed by atoms with Gasteiger partial charge in [-0.05, 0) is 56.8 Å². The number of piperidine rings is 2. The van der Waals surface area contributed by atoms with Crippen molar-refractivity contribution in [3.05, 3.63) is 75.8 Å². The number of hydrogen-bond acceptors (Lipinski definition) is 5. The highest BCUT2D eigenvalue weighted by Crippen LogP contribution is 2.25. The Morgan fingerprint density at radius 2 is 1.65 bits per heavy atom. The van der Waals surface area contributed by atoms with Crippen LogP contribution in [0.4, 0.5) is 5.69 Å². The molecule has 8 nitrogen and oxygen atoms in total. The minimum absolute atomic E-state index is 0.0623. The zero-order valence-corrected chi connectivity index (χ0v) is 19.4. The highest BCUT2D eigenvalue weighted by atomic mass is 16.6. The lowest BCUT2D eigenvalue weighted by molar-refractivity contribution is -0.384. The second-order valence-electron chi connectivity index (χ2n) is 9.17. The van der Waals surface area contributed by atoms with E-state index in [0.717, 1.165) is 45.2 Å².